The number of halogens is 1. The van der Waals surface area contributed by atoms with Crippen LogP contribution in [0.25, 0.3) is 0 Å². The molecule has 1 atom stereocenters. The average Bonchev–Trinajstić information content (AvgIpc) is 2.30. The number of hydrogen-bond donors (Lipinski definition) is 1. The quantitative estimate of drug-likeness (QED) is 0.865. The van der Waals surface area contributed by atoms with E-state index in [1.54, 1.807) is 25.1 Å². The van der Waals surface area contributed by atoms with Gasteiger partial charge in [-0.15, -0.1) is 12.6 Å². The van der Waals surface area contributed by atoms with Crippen molar-refractivity contribution in [3.05, 3.63) is 28.2 Å². The summed E-state index contributed by atoms with van der Waals surface area (Å²) in [6.45, 7) is 2.46. The fraction of sp³-hybridized carbons (Fsp3) is 0.417. The molecule has 1 aromatic carbocycles. The second kappa shape index (κ2) is 6.42. The molecule has 0 bridgehead atoms. The van der Waals surface area contributed by atoms with Gasteiger partial charge in [-0.3, -0.25) is 4.79 Å². The molecular formula is C12H16BrNO2S. The van der Waals surface area contributed by atoms with E-state index in [9.17, 15) is 4.79 Å². The van der Waals surface area contributed by atoms with Gasteiger partial charge in [0.25, 0.3) is 5.91 Å². The van der Waals surface area contributed by atoms with E-state index in [-0.39, 0.29) is 11.9 Å². The number of ether oxygens (including phenoxy) is 1. The molecule has 17 heavy (non-hydrogen) atoms. The Labute approximate surface area is 116 Å². The molecule has 0 aliphatic carbocycles. The highest BCUT2D eigenvalue weighted by Gasteiger charge is 2.19. The van der Waals surface area contributed by atoms with E-state index in [1.807, 2.05) is 19.1 Å². The average molecular weight is 318 g/mol. The fourth-order valence-electron chi connectivity index (χ4n) is 1.42. The Morgan fingerprint density at radius 3 is 2.82 bits per heavy atom. The molecule has 0 radical (unpaired) electrons. The monoisotopic (exact) mass is 317 g/mol. The fourth-order valence-corrected chi connectivity index (χ4v) is 2.04. The summed E-state index contributed by atoms with van der Waals surface area (Å²) in [6.07, 6.45) is 0. The van der Waals surface area contributed by atoms with Crippen LogP contribution in [0.15, 0.2) is 27.6 Å². The summed E-state index contributed by atoms with van der Waals surface area (Å²) < 4.78 is 5.82. The number of hydrogen-bond acceptors (Lipinski definition) is 3. The van der Waals surface area contributed by atoms with Gasteiger partial charge >= 0.3 is 0 Å². The van der Waals surface area contributed by atoms with Crippen molar-refractivity contribution < 1.29 is 9.53 Å². The molecule has 0 heterocycles. The maximum atomic E-state index is 12.2. The minimum Gasteiger partial charge on any atom is -0.383 e. The van der Waals surface area contributed by atoms with Gasteiger partial charge in [0.2, 0.25) is 0 Å². The van der Waals surface area contributed by atoms with Crippen LogP contribution in [0.3, 0.4) is 0 Å². The molecule has 1 amide bonds. The second-order valence-corrected chi connectivity index (χ2v) is 5.26. The number of likely N-dealkylation sites (N-methyl/N-ethyl adjacent to an activating group) is 1. The standard InChI is InChI=1S/C12H16BrNO2S/c1-8(7-16-3)14(2)12(15)10-6-9(17)4-5-11(10)13/h4-6,8,17H,7H2,1-3H3. The van der Waals surface area contributed by atoms with Crippen LogP contribution in [-0.2, 0) is 4.74 Å². The van der Waals surface area contributed by atoms with Crippen LogP contribution in [0.1, 0.15) is 17.3 Å². The lowest BCUT2D eigenvalue weighted by Crippen LogP contribution is -2.37. The van der Waals surface area contributed by atoms with Gasteiger partial charge < -0.3 is 9.64 Å². The molecule has 3 nitrogen and oxygen atoms in total. The summed E-state index contributed by atoms with van der Waals surface area (Å²) >= 11 is 7.62. The van der Waals surface area contributed by atoms with Crippen molar-refractivity contribution in [2.24, 2.45) is 0 Å². The Morgan fingerprint density at radius 2 is 2.24 bits per heavy atom. The first-order valence-corrected chi connectivity index (χ1v) is 6.46. The van der Waals surface area contributed by atoms with Crippen LogP contribution in [0.5, 0.6) is 0 Å². The Kier molecular flexibility index (Phi) is 5.49. The highest BCUT2D eigenvalue weighted by molar-refractivity contribution is 9.10. The highest BCUT2D eigenvalue weighted by Crippen LogP contribution is 2.22. The zero-order valence-electron chi connectivity index (χ0n) is 10.1. The van der Waals surface area contributed by atoms with Gasteiger partial charge in [-0.2, -0.15) is 0 Å². The molecule has 0 aromatic heterocycles. The van der Waals surface area contributed by atoms with E-state index in [2.05, 4.69) is 28.6 Å². The molecule has 0 saturated carbocycles. The predicted molar refractivity (Wildman–Crippen MR) is 74.8 cm³/mol. The first-order valence-electron chi connectivity index (χ1n) is 5.22. The van der Waals surface area contributed by atoms with Crippen molar-refractivity contribution >= 4 is 34.5 Å². The van der Waals surface area contributed by atoms with Gasteiger partial charge in [0.15, 0.2) is 0 Å². The van der Waals surface area contributed by atoms with E-state index in [0.29, 0.717) is 12.2 Å². The van der Waals surface area contributed by atoms with Gasteiger partial charge in [-0.1, -0.05) is 0 Å². The first kappa shape index (κ1) is 14.5. The third-order valence-corrected chi connectivity index (χ3v) is 3.54. The van der Waals surface area contributed by atoms with Crippen LogP contribution < -0.4 is 0 Å². The molecule has 1 aromatic rings. The number of amides is 1. The lowest BCUT2D eigenvalue weighted by molar-refractivity contribution is 0.0632. The zero-order chi connectivity index (χ0) is 13.0. The molecule has 0 saturated heterocycles. The molecule has 94 valence electrons. The third kappa shape index (κ3) is 3.72. The van der Waals surface area contributed by atoms with Gasteiger partial charge in [-0.05, 0) is 41.1 Å². The van der Waals surface area contributed by atoms with E-state index < -0.39 is 0 Å². The number of carbonyl (C=O) groups excluding carboxylic acids is 1. The normalized spacial score (nSPS) is 12.3. The molecule has 0 aliphatic heterocycles. The van der Waals surface area contributed by atoms with Gasteiger partial charge in [0, 0.05) is 23.5 Å². The van der Waals surface area contributed by atoms with Crippen molar-refractivity contribution in [3.63, 3.8) is 0 Å². The lowest BCUT2D eigenvalue weighted by atomic mass is 10.2. The van der Waals surface area contributed by atoms with Crippen LogP contribution in [0.2, 0.25) is 0 Å². The first-order chi connectivity index (χ1) is 7.97. The topological polar surface area (TPSA) is 29.5 Å². The number of benzene rings is 1. The minimum atomic E-state index is -0.0441. The minimum absolute atomic E-state index is 0.0305. The summed E-state index contributed by atoms with van der Waals surface area (Å²) in [5, 5.41) is 0. The number of nitrogens with zero attached hydrogens (tertiary/aromatic N) is 1. The van der Waals surface area contributed by atoms with Crippen molar-refractivity contribution in [2.75, 3.05) is 20.8 Å². The van der Waals surface area contributed by atoms with Crippen LogP contribution >= 0.6 is 28.6 Å². The summed E-state index contributed by atoms with van der Waals surface area (Å²) in [6, 6.07) is 5.45. The van der Waals surface area contributed by atoms with Crippen molar-refractivity contribution in [2.45, 2.75) is 17.9 Å². The predicted octanol–water partition coefficient (Wildman–Crippen LogP) is 2.84. The zero-order valence-corrected chi connectivity index (χ0v) is 12.6. The second-order valence-electron chi connectivity index (χ2n) is 3.88. The Hall–Kier alpha value is -0.520. The molecule has 0 aliphatic rings. The van der Waals surface area contributed by atoms with Crippen molar-refractivity contribution in [1.82, 2.24) is 4.90 Å². The lowest BCUT2D eigenvalue weighted by Gasteiger charge is -2.24. The number of carbonyl (C=O) groups is 1. The third-order valence-electron chi connectivity index (χ3n) is 2.57. The molecule has 0 spiro atoms. The molecule has 1 unspecified atom stereocenters. The van der Waals surface area contributed by atoms with Crippen LogP contribution in [0.4, 0.5) is 0 Å². The smallest absolute Gasteiger partial charge is 0.255 e. The summed E-state index contributed by atoms with van der Waals surface area (Å²) in [4.78, 5) is 14.7. The molecule has 0 fully saturated rings. The maximum absolute atomic E-state index is 12.2. The molecule has 1 rings (SSSR count). The van der Waals surface area contributed by atoms with E-state index in [4.69, 9.17) is 4.74 Å². The maximum Gasteiger partial charge on any atom is 0.255 e. The Bertz CT molecular complexity index is 411. The Morgan fingerprint density at radius 1 is 1.59 bits per heavy atom. The van der Waals surface area contributed by atoms with E-state index in [0.717, 1.165) is 9.37 Å². The summed E-state index contributed by atoms with van der Waals surface area (Å²) in [5.74, 6) is -0.0441. The molecule has 0 N–H and O–H groups in total. The van der Waals surface area contributed by atoms with Crippen LogP contribution in [0, 0.1) is 0 Å². The summed E-state index contributed by atoms with van der Waals surface area (Å²) in [7, 11) is 3.39. The largest absolute Gasteiger partial charge is 0.383 e. The van der Waals surface area contributed by atoms with Gasteiger partial charge in [0.1, 0.15) is 0 Å². The van der Waals surface area contributed by atoms with Crippen molar-refractivity contribution in [1.29, 1.82) is 0 Å². The molecular weight excluding hydrogens is 302 g/mol. The molecule has 5 heteroatoms. The highest BCUT2D eigenvalue weighted by atomic mass is 79.9. The van der Waals surface area contributed by atoms with E-state index >= 15 is 0 Å². The van der Waals surface area contributed by atoms with Crippen molar-refractivity contribution in [3.8, 4) is 0 Å². The van der Waals surface area contributed by atoms with Crippen LogP contribution in [-0.4, -0.2) is 37.6 Å². The number of rotatable bonds is 4. The SMILES string of the molecule is COCC(C)N(C)C(=O)c1cc(S)ccc1Br. The van der Waals surface area contributed by atoms with Gasteiger partial charge in [0.05, 0.1) is 18.2 Å². The Balaban J connectivity index is 2.92. The van der Waals surface area contributed by atoms with Gasteiger partial charge in [-0.25, -0.2) is 0 Å². The summed E-state index contributed by atoms with van der Waals surface area (Å²) in [5.41, 5.74) is 0.614. The number of thiol groups is 1. The number of methoxy groups -OCH3 is 1. The van der Waals surface area contributed by atoms with E-state index in [1.165, 1.54) is 0 Å².